The number of amides is 1. The molecule has 1 aliphatic carbocycles. The summed E-state index contributed by atoms with van der Waals surface area (Å²) in [6.45, 7) is 0.751. The van der Waals surface area contributed by atoms with Gasteiger partial charge in [0.05, 0.1) is 24.0 Å². The first-order valence-electron chi connectivity index (χ1n) is 8.06. The van der Waals surface area contributed by atoms with E-state index >= 15 is 0 Å². The van der Waals surface area contributed by atoms with Crippen molar-refractivity contribution in [2.45, 2.75) is 38.1 Å². The molecule has 0 radical (unpaired) electrons. The highest BCUT2D eigenvalue weighted by Gasteiger charge is 2.38. The summed E-state index contributed by atoms with van der Waals surface area (Å²) in [6.07, 6.45) is 2.60. The molecule has 2 aliphatic rings. The Kier molecular flexibility index (Phi) is 6.02. The first-order valence-corrected chi connectivity index (χ1v) is 9.89. The van der Waals surface area contributed by atoms with Crippen molar-refractivity contribution in [2.75, 3.05) is 31.8 Å². The molecule has 0 aromatic heterocycles. The van der Waals surface area contributed by atoms with Crippen molar-refractivity contribution in [2.24, 2.45) is 11.8 Å². The second-order valence-corrected chi connectivity index (χ2v) is 8.70. The molecular weight excluding hydrogens is 322 g/mol. The summed E-state index contributed by atoms with van der Waals surface area (Å²) in [7, 11) is -1.51. The van der Waals surface area contributed by atoms with Gasteiger partial charge in [-0.1, -0.05) is 0 Å². The Bertz CT molecular complexity index is 538. The summed E-state index contributed by atoms with van der Waals surface area (Å²) in [4.78, 5) is 25.5. The topological polar surface area (TPSA) is 101 Å². The van der Waals surface area contributed by atoms with Crippen LogP contribution in [0.2, 0.25) is 0 Å². The predicted molar refractivity (Wildman–Crippen MR) is 83.7 cm³/mol. The van der Waals surface area contributed by atoms with E-state index in [9.17, 15) is 18.0 Å². The number of hydrogen-bond donors (Lipinski definition) is 1. The zero-order valence-corrected chi connectivity index (χ0v) is 14.3. The number of carbonyl (C=O) groups is 2. The maximum atomic E-state index is 12.8. The third-order valence-corrected chi connectivity index (χ3v) is 6.64. The van der Waals surface area contributed by atoms with Gasteiger partial charge in [-0.3, -0.25) is 9.59 Å². The van der Waals surface area contributed by atoms with E-state index in [0.717, 1.165) is 0 Å². The Balaban J connectivity index is 2.01. The molecule has 1 saturated heterocycles. The average Bonchev–Trinajstić information content (AvgIpc) is 2.87. The summed E-state index contributed by atoms with van der Waals surface area (Å²) in [5.41, 5.74) is 0. The van der Waals surface area contributed by atoms with Gasteiger partial charge in [0.15, 0.2) is 9.84 Å². The molecule has 132 valence electrons. The van der Waals surface area contributed by atoms with Crippen LogP contribution in [0.4, 0.5) is 0 Å². The van der Waals surface area contributed by atoms with Crippen molar-refractivity contribution >= 4 is 21.7 Å². The molecule has 2 rings (SSSR count). The van der Waals surface area contributed by atoms with Crippen LogP contribution in [-0.2, 0) is 24.2 Å². The van der Waals surface area contributed by atoms with E-state index in [2.05, 4.69) is 0 Å². The van der Waals surface area contributed by atoms with E-state index in [-0.39, 0.29) is 35.3 Å². The first-order chi connectivity index (χ1) is 10.8. The Morgan fingerprint density at radius 2 is 1.74 bits per heavy atom. The van der Waals surface area contributed by atoms with Gasteiger partial charge in [0.1, 0.15) is 0 Å². The van der Waals surface area contributed by atoms with Crippen LogP contribution in [0.3, 0.4) is 0 Å². The lowest BCUT2D eigenvalue weighted by molar-refractivity contribution is -0.146. The van der Waals surface area contributed by atoms with Crippen LogP contribution >= 0.6 is 0 Å². The highest BCUT2D eigenvalue weighted by Crippen LogP contribution is 2.31. The van der Waals surface area contributed by atoms with Gasteiger partial charge in [0.25, 0.3) is 0 Å². The molecule has 23 heavy (non-hydrogen) atoms. The lowest BCUT2D eigenvalue weighted by atomic mass is 9.81. The summed E-state index contributed by atoms with van der Waals surface area (Å²) >= 11 is 0. The van der Waals surface area contributed by atoms with Crippen LogP contribution in [0.25, 0.3) is 0 Å². The molecule has 2 fully saturated rings. The smallest absolute Gasteiger partial charge is 0.306 e. The molecule has 0 aromatic carbocycles. The third-order valence-electron chi connectivity index (χ3n) is 4.89. The van der Waals surface area contributed by atoms with E-state index in [1.54, 1.807) is 12.0 Å². The molecule has 8 heteroatoms. The van der Waals surface area contributed by atoms with E-state index in [0.29, 0.717) is 45.3 Å². The molecule has 0 spiro atoms. The number of carboxylic acids is 1. The monoisotopic (exact) mass is 347 g/mol. The molecule has 1 amide bonds. The van der Waals surface area contributed by atoms with Gasteiger partial charge in [-0.05, 0) is 32.1 Å². The lowest BCUT2D eigenvalue weighted by Crippen LogP contribution is -2.46. The fourth-order valence-corrected chi connectivity index (χ4v) is 5.24. The van der Waals surface area contributed by atoms with E-state index in [1.165, 1.54) is 0 Å². The molecule has 1 heterocycles. The molecular formula is C15H25NO6S. The Labute approximate surface area is 136 Å². The van der Waals surface area contributed by atoms with Crippen molar-refractivity contribution in [3.05, 3.63) is 0 Å². The largest absolute Gasteiger partial charge is 0.481 e. The maximum absolute atomic E-state index is 12.8. The highest BCUT2D eigenvalue weighted by atomic mass is 32.2. The number of carboxylic acid groups (broad SMARTS) is 1. The number of rotatable bonds is 6. The number of ether oxygens (including phenoxy) is 1. The second kappa shape index (κ2) is 7.61. The van der Waals surface area contributed by atoms with Crippen LogP contribution in [-0.4, -0.2) is 68.1 Å². The van der Waals surface area contributed by atoms with Gasteiger partial charge in [-0.15, -0.1) is 0 Å². The average molecular weight is 347 g/mol. The second-order valence-electron chi connectivity index (χ2n) is 6.47. The molecule has 1 unspecified atom stereocenters. The van der Waals surface area contributed by atoms with Gasteiger partial charge in [-0.2, -0.15) is 0 Å². The third kappa shape index (κ3) is 4.67. The summed E-state index contributed by atoms with van der Waals surface area (Å²) in [5, 5.41) is 9.04. The first kappa shape index (κ1) is 18.2. The summed E-state index contributed by atoms with van der Waals surface area (Å²) in [5.74, 6) is -1.27. The van der Waals surface area contributed by atoms with Gasteiger partial charge in [0.2, 0.25) is 5.91 Å². The predicted octanol–water partition coefficient (Wildman–Crippen LogP) is 0.540. The fourth-order valence-electron chi connectivity index (χ4n) is 3.51. The number of sulfone groups is 1. The minimum absolute atomic E-state index is 0.0208. The number of methoxy groups -OCH3 is 1. The number of nitrogens with zero attached hydrogens (tertiary/aromatic N) is 1. The minimum atomic E-state index is -3.06. The molecule has 0 aromatic rings. The van der Waals surface area contributed by atoms with Crippen LogP contribution in [0.15, 0.2) is 0 Å². The van der Waals surface area contributed by atoms with Crippen molar-refractivity contribution in [1.82, 2.24) is 4.90 Å². The molecule has 1 N–H and O–H groups in total. The van der Waals surface area contributed by atoms with Gasteiger partial charge in [-0.25, -0.2) is 8.42 Å². The van der Waals surface area contributed by atoms with Crippen LogP contribution in [0.1, 0.15) is 32.1 Å². The lowest BCUT2D eigenvalue weighted by Gasteiger charge is -2.34. The van der Waals surface area contributed by atoms with Crippen molar-refractivity contribution < 1.29 is 27.9 Å². The summed E-state index contributed by atoms with van der Waals surface area (Å²) in [6, 6.07) is -0.278. The van der Waals surface area contributed by atoms with Crippen molar-refractivity contribution in [3.8, 4) is 0 Å². The number of aliphatic carboxylic acids is 1. The Morgan fingerprint density at radius 1 is 1.13 bits per heavy atom. The zero-order valence-electron chi connectivity index (χ0n) is 13.4. The van der Waals surface area contributed by atoms with Crippen molar-refractivity contribution in [1.29, 1.82) is 0 Å². The van der Waals surface area contributed by atoms with Gasteiger partial charge < -0.3 is 14.7 Å². The van der Waals surface area contributed by atoms with Crippen LogP contribution in [0, 0.1) is 11.8 Å². The van der Waals surface area contributed by atoms with Crippen LogP contribution in [0.5, 0.6) is 0 Å². The van der Waals surface area contributed by atoms with Crippen LogP contribution < -0.4 is 0 Å². The summed E-state index contributed by atoms with van der Waals surface area (Å²) < 4.78 is 28.5. The Hall–Kier alpha value is -1.15. The number of hydrogen-bond acceptors (Lipinski definition) is 5. The zero-order chi connectivity index (χ0) is 17.0. The molecule has 0 bridgehead atoms. The van der Waals surface area contributed by atoms with E-state index in [1.807, 2.05) is 0 Å². The fraction of sp³-hybridized carbons (Fsp3) is 0.867. The quantitative estimate of drug-likeness (QED) is 0.752. The van der Waals surface area contributed by atoms with E-state index < -0.39 is 15.8 Å². The number of carbonyl (C=O) groups excluding carboxylic acids is 1. The molecule has 1 atom stereocenters. The Morgan fingerprint density at radius 3 is 2.22 bits per heavy atom. The molecule has 7 nitrogen and oxygen atoms in total. The molecule has 1 aliphatic heterocycles. The minimum Gasteiger partial charge on any atom is -0.481 e. The van der Waals surface area contributed by atoms with E-state index in [4.69, 9.17) is 9.84 Å². The van der Waals surface area contributed by atoms with Crippen molar-refractivity contribution in [3.63, 3.8) is 0 Å². The maximum Gasteiger partial charge on any atom is 0.306 e. The SMILES string of the molecule is COCCN(C(=O)C1CCC(C(=O)O)CC1)C1CCS(=O)(=O)C1. The van der Waals surface area contributed by atoms with Gasteiger partial charge >= 0.3 is 5.97 Å². The normalized spacial score (nSPS) is 30.0. The van der Waals surface area contributed by atoms with Gasteiger partial charge in [0, 0.05) is 25.6 Å². The standard InChI is InChI=1S/C15H25NO6S/c1-22-8-7-16(13-6-9-23(20,21)10-13)14(17)11-2-4-12(5-3-11)15(18)19/h11-13H,2-10H2,1H3,(H,18,19). The molecule has 1 saturated carbocycles. The highest BCUT2D eigenvalue weighted by molar-refractivity contribution is 7.91.